The zero-order valence-electron chi connectivity index (χ0n) is 20.3. The van der Waals surface area contributed by atoms with Gasteiger partial charge in [-0.25, -0.2) is 0 Å². The van der Waals surface area contributed by atoms with Crippen LogP contribution in [0.25, 0.3) is 0 Å². The van der Waals surface area contributed by atoms with Crippen LogP contribution in [-0.4, -0.2) is 31.0 Å². The molecule has 4 saturated carbocycles. The van der Waals surface area contributed by atoms with Gasteiger partial charge in [0.2, 0.25) is 0 Å². The highest BCUT2D eigenvalue weighted by Gasteiger charge is 2.65. The van der Waals surface area contributed by atoms with Crippen molar-refractivity contribution in [2.45, 2.75) is 95.7 Å². The van der Waals surface area contributed by atoms with Crippen LogP contribution >= 0.6 is 0 Å². The smallest absolute Gasteiger partial charge is 0.297 e. The van der Waals surface area contributed by atoms with Gasteiger partial charge in [0.15, 0.2) is 0 Å². The molecule has 33 heavy (non-hydrogen) atoms. The second-order valence-corrected chi connectivity index (χ2v) is 13.7. The van der Waals surface area contributed by atoms with Gasteiger partial charge in [0.25, 0.3) is 10.1 Å². The van der Waals surface area contributed by atoms with E-state index in [-0.39, 0.29) is 27.4 Å². The molecule has 4 fully saturated rings. The molecule has 0 aromatic heterocycles. The lowest BCUT2D eigenvalue weighted by Crippen LogP contribution is -2.60. The summed E-state index contributed by atoms with van der Waals surface area (Å²) in [6, 6.07) is 6.78. The van der Waals surface area contributed by atoms with Crippen LogP contribution in [0.3, 0.4) is 0 Å². The highest BCUT2D eigenvalue weighted by Crippen LogP contribution is 2.68. The Labute approximate surface area is 198 Å². The molecule has 4 aliphatic carbocycles. The maximum atomic E-state index is 13.3. The Morgan fingerprint density at radius 2 is 1.64 bits per heavy atom. The molecule has 5 rings (SSSR count). The number of ketones is 1. The molecule has 5 nitrogen and oxygen atoms in total. The lowest BCUT2D eigenvalue weighted by molar-refractivity contribution is -0.173. The van der Waals surface area contributed by atoms with E-state index >= 15 is 0 Å². The number of benzene rings is 1. The van der Waals surface area contributed by atoms with Gasteiger partial charge >= 0.3 is 0 Å². The van der Waals surface area contributed by atoms with Crippen LogP contribution in [-0.2, 0) is 19.1 Å². The minimum Gasteiger partial charge on any atom is -0.390 e. The van der Waals surface area contributed by atoms with Crippen LogP contribution in [0.15, 0.2) is 29.2 Å². The van der Waals surface area contributed by atoms with Crippen LogP contribution in [0.4, 0.5) is 0 Å². The third-order valence-electron chi connectivity index (χ3n) is 10.6. The third-order valence-corrected chi connectivity index (χ3v) is 11.9. The third kappa shape index (κ3) is 3.54. The molecule has 0 heterocycles. The molecule has 182 valence electrons. The Morgan fingerprint density at radius 3 is 2.33 bits per heavy atom. The van der Waals surface area contributed by atoms with E-state index in [9.17, 15) is 18.3 Å². The van der Waals surface area contributed by atoms with E-state index in [1.165, 1.54) is 0 Å². The summed E-state index contributed by atoms with van der Waals surface area (Å²) in [4.78, 5) is 12.7. The number of Topliss-reactive ketones (excluding diaryl/α,β-unsaturated/α-hetero) is 1. The summed E-state index contributed by atoms with van der Waals surface area (Å²) in [6.45, 7) is 8.42. The van der Waals surface area contributed by atoms with E-state index in [0.29, 0.717) is 37.0 Å². The fourth-order valence-corrected chi connectivity index (χ4v) is 9.45. The molecule has 0 saturated heterocycles. The maximum Gasteiger partial charge on any atom is 0.297 e. The number of hydrogen-bond acceptors (Lipinski definition) is 5. The van der Waals surface area contributed by atoms with Gasteiger partial charge in [-0.3, -0.25) is 8.98 Å². The molecular formula is C27H38O5S. The molecule has 0 amide bonds. The number of rotatable bonds is 3. The van der Waals surface area contributed by atoms with Gasteiger partial charge < -0.3 is 5.11 Å². The Balaban J connectivity index is 1.51. The predicted octanol–water partition coefficient (Wildman–Crippen LogP) is 5.04. The van der Waals surface area contributed by atoms with Crippen molar-refractivity contribution >= 4 is 15.9 Å². The summed E-state index contributed by atoms with van der Waals surface area (Å²) in [7, 11) is -3.93. The van der Waals surface area contributed by atoms with Gasteiger partial charge in [-0.2, -0.15) is 8.42 Å². The molecule has 0 aliphatic heterocycles. The number of fused-ring (bicyclic) bond motifs is 5. The first kappa shape index (κ1) is 23.5. The number of hydrogen-bond donors (Lipinski definition) is 1. The fraction of sp³-hybridized carbons (Fsp3) is 0.741. The zero-order chi connectivity index (χ0) is 23.8. The van der Waals surface area contributed by atoms with Gasteiger partial charge in [-0.05, 0) is 99.0 Å². The first-order valence-corrected chi connectivity index (χ1v) is 14.0. The molecule has 4 aliphatic rings. The highest BCUT2D eigenvalue weighted by atomic mass is 32.2. The lowest BCUT2D eigenvalue weighted by Gasteiger charge is -2.62. The Kier molecular flexibility index (Phi) is 5.43. The van der Waals surface area contributed by atoms with Gasteiger partial charge in [0.05, 0.1) is 16.6 Å². The molecule has 0 bridgehead atoms. The molecule has 8 atom stereocenters. The van der Waals surface area contributed by atoms with E-state index in [1.54, 1.807) is 24.3 Å². The summed E-state index contributed by atoms with van der Waals surface area (Å²) in [5, 5.41) is 11.2. The average molecular weight is 475 g/mol. The van der Waals surface area contributed by atoms with Crippen molar-refractivity contribution in [3.8, 4) is 0 Å². The van der Waals surface area contributed by atoms with E-state index in [2.05, 4.69) is 13.8 Å². The Hall–Kier alpha value is -1.24. The average Bonchev–Trinajstić information content (AvgIpc) is 2.99. The summed E-state index contributed by atoms with van der Waals surface area (Å²) in [5.74, 6) is 1.26. The molecule has 1 N–H and O–H groups in total. The second-order valence-electron chi connectivity index (χ2n) is 12.1. The van der Waals surface area contributed by atoms with Crippen LogP contribution in [0.1, 0.15) is 77.7 Å². The molecule has 6 heteroatoms. The van der Waals surface area contributed by atoms with Crippen LogP contribution in [0, 0.1) is 41.4 Å². The molecule has 0 radical (unpaired) electrons. The van der Waals surface area contributed by atoms with Crippen LogP contribution < -0.4 is 0 Å². The van der Waals surface area contributed by atoms with E-state index < -0.39 is 21.8 Å². The van der Waals surface area contributed by atoms with E-state index in [0.717, 1.165) is 37.7 Å². The first-order chi connectivity index (χ1) is 15.4. The largest absolute Gasteiger partial charge is 0.390 e. The van der Waals surface area contributed by atoms with Crippen molar-refractivity contribution < 1.29 is 22.5 Å². The molecule has 4 unspecified atom stereocenters. The number of aryl methyl sites for hydroxylation is 1. The van der Waals surface area contributed by atoms with Gasteiger partial charge in [0, 0.05) is 12.8 Å². The minimum absolute atomic E-state index is 0.0773. The standard InChI is InChI=1S/C27H38O5S/c1-17-5-7-19(8-6-17)33(30,31)32-24-16-20-21(25(2)12-9-18(28)15-23(24)25)10-13-26(3)22(20)11-14-27(26,4)29/h5-8,20-24,29H,9-16H2,1-4H3/t20?,21?,22?,23?,24-,25-,26+,27+/m1/s1. The zero-order valence-corrected chi connectivity index (χ0v) is 21.2. The summed E-state index contributed by atoms with van der Waals surface area (Å²) in [6.07, 6.45) is 5.74. The maximum absolute atomic E-state index is 13.3. The van der Waals surface area contributed by atoms with Crippen LogP contribution in [0.5, 0.6) is 0 Å². The van der Waals surface area contributed by atoms with Gasteiger partial charge in [-0.15, -0.1) is 0 Å². The Bertz CT molecular complexity index is 1040. The summed E-state index contributed by atoms with van der Waals surface area (Å²) < 4.78 is 32.6. The van der Waals surface area contributed by atoms with Crippen molar-refractivity contribution in [1.29, 1.82) is 0 Å². The van der Waals surface area contributed by atoms with Crippen molar-refractivity contribution in [3.63, 3.8) is 0 Å². The van der Waals surface area contributed by atoms with Crippen molar-refractivity contribution in [2.24, 2.45) is 34.5 Å². The minimum atomic E-state index is -3.93. The van der Waals surface area contributed by atoms with Crippen LogP contribution in [0.2, 0.25) is 0 Å². The lowest BCUT2D eigenvalue weighted by atomic mass is 9.44. The molecular weight excluding hydrogens is 436 g/mol. The molecule has 1 aromatic carbocycles. The van der Waals surface area contributed by atoms with Gasteiger partial charge in [0.1, 0.15) is 5.78 Å². The monoisotopic (exact) mass is 474 g/mol. The Morgan fingerprint density at radius 1 is 0.970 bits per heavy atom. The molecule has 0 spiro atoms. The predicted molar refractivity (Wildman–Crippen MR) is 126 cm³/mol. The number of aliphatic hydroxyl groups is 1. The van der Waals surface area contributed by atoms with E-state index in [1.807, 2.05) is 13.8 Å². The first-order valence-electron chi connectivity index (χ1n) is 12.6. The van der Waals surface area contributed by atoms with Crippen molar-refractivity contribution in [1.82, 2.24) is 0 Å². The topological polar surface area (TPSA) is 80.7 Å². The second kappa shape index (κ2) is 7.63. The van der Waals surface area contributed by atoms with Gasteiger partial charge in [-0.1, -0.05) is 31.5 Å². The highest BCUT2D eigenvalue weighted by molar-refractivity contribution is 7.86. The van der Waals surface area contributed by atoms with Crippen molar-refractivity contribution in [2.75, 3.05) is 0 Å². The number of carbonyl (C=O) groups is 1. The number of carbonyl (C=O) groups excluding carboxylic acids is 1. The van der Waals surface area contributed by atoms with E-state index in [4.69, 9.17) is 4.18 Å². The fourth-order valence-electron chi connectivity index (χ4n) is 8.33. The normalized spacial score (nSPS) is 45.2. The molecule has 1 aromatic rings. The summed E-state index contributed by atoms with van der Waals surface area (Å²) in [5.41, 5.74) is 0.0462. The summed E-state index contributed by atoms with van der Waals surface area (Å²) >= 11 is 0. The SMILES string of the molecule is Cc1ccc(S(=O)(=O)O[C@@H]2CC3C(CC[C@@]4(C)C3CC[C@]4(C)O)[C@@]3(C)CCC(=O)CC23)cc1. The quantitative estimate of drug-likeness (QED) is 0.621. The van der Waals surface area contributed by atoms with Crippen molar-refractivity contribution in [3.05, 3.63) is 29.8 Å².